The van der Waals surface area contributed by atoms with Gasteiger partial charge in [0.25, 0.3) is 11.6 Å². The van der Waals surface area contributed by atoms with Crippen LogP contribution in [0.3, 0.4) is 0 Å². The van der Waals surface area contributed by atoms with E-state index in [1.165, 1.54) is 4.52 Å². The van der Waals surface area contributed by atoms with Crippen LogP contribution in [0.15, 0.2) is 41.0 Å². The molecule has 0 unspecified atom stereocenters. The molecule has 3 aromatic rings. The Balaban J connectivity index is 1.54. The Morgan fingerprint density at radius 2 is 2.00 bits per heavy atom. The number of hydrogen-bond acceptors (Lipinski definition) is 6. The minimum atomic E-state index is -0.602. The zero-order chi connectivity index (χ0) is 16.2. The molecule has 0 N–H and O–H groups in total. The molecule has 0 aliphatic heterocycles. The van der Waals surface area contributed by atoms with E-state index in [-0.39, 0.29) is 19.0 Å². The van der Waals surface area contributed by atoms with Crippen LogP contribution in [0, 0.1) is 6.92 Å². The number of hydrogen-bond donors (Lipinski definition) is 0. The molecule has 0 aliphatic rings. The van der Waals surface area contributed by atoms with Crippen molar-refractivity contribution in [1.29, 1.82) is 0 Å². The highest BCUT2D eigenvalue weighted by molar-refractivity contribution is 9.10. The van der Waals surface area contributed by atoms with Gasteiger partial charge < -0.3 is 9.47 Å². The van der Waals surface area contributed by atoms with Crippen LogP contribution in [-0.4, -0.2) is 38.8 Å². The summed E-state index contributed by atoms with van der Waals surface area (Å²) in [4.78, 5) is 20.0. The topological polar surface area (TPSA) is 78.6 Å². The Labute approximate surface area is 140 Å². The van der Waals surface area contributed by atoms with Crippen LogP contribution >= 0.6 is 15.9 Å². The molecule has 0 bridgehead atoms. The van der Waals surface area contributed by atoms with Gasteiger partial charge in [-0.25, -0.2) is 14.3 Å². The molecule has 0 saturated heterocycles. The Morgan fingerprint density at radius 1 is 1.22 bits per heavy atom. The molecule has 0 fully saturated rings. The molecule has 2 aromatic heterocycles. The molecule has 118 valence electrons. The average molecular weight is 377 g/mol. The first kappa shape index (κ1) is 15.4. The molecule has 0 aliphatic carbocycles. The molecule has 3 rings (SSSR count). The predicted octanol–water partition coefficient (Wildman–Crippen LogP) is 2.43. The van der Waals surface area contributed by atoms with E-state index < -0.39 is 5.97 Å². The fraction of sp³-hybridized carbons (Fsp3) is 0.200. The summed E-state index contributed by atoms with van der Waals surface area (Å²) in [5, 5.41) is 4.08. The molecule has 0 spiro atoms. The van der Waals surface area contributed by atoms with Crippen molar-refractivity contribution in [2.24, 2.45) is 0 Å². The summed E-state index contributed by atoms with van der Waals surface area (Å²) in [5.41, 5.74) is 0.833. The third-order valence-corrected chi connectivity index (χ3v) is 3.54. The monoisotopic (exact) mass is 376 g/mol. The molecule has 23 heavy (non-hydrogen) atoms. The van der Waals surface area contributed by atoms with Crippen LogP contribution in [-0.2, 0) is 4.74 Å². The van der Waals surface area contributed by atoms with E-state index in [4.69, 9.17) is 9.47 Å². The maximum atomic E-state index is 11.9. The minimum Gasteiger partial charge on any atom is -0.490 e. The van der Waals surface area contributed by atoms with Crippen molar-refractivity contribution in [3.05, 3.63) is 52.5 Å². The van der Waals surface area contributed by atoms with Gasteiger partial charge in [-0.05, 0) is 37.3 Å². The quantitative estimate of drug-likeness (QED) is 0.502. The van der Waals surface area contributed by atoms with Gasteiger partial charge >= 0.3 is 5.97 Å². The van der Waals surface area contributed by atoms with Gasteiger partial charge in [-0.1, -0.05) is 15.9 Å². The molecular formula is C15H13BrN4O3. The smallest absolute Gasteiger partial charge is 0.378 e. The van der Waals surface area contributed by atoms with E-state index in [9.17, 15) is 4.79 Å². The second-order valence-corrected chi connectivity index (χ2v) is 5.59. The Morgan fingerprint density at radius 3 is 2.74 bits per heavy atom. The lowest BCUT2D eigenvalue weighted by Crippen LogP contribution is -2.13. The summed E-state index contributed by atoms with van der Waals surface area (Å²) < 4.78 is 13.0. The van der Waals surface area contributed by atoms with Crippen LogP contribution in [0.2, 0.25) is 0 Å². The molecule has 0 atom stereocenters. The zero-order valence-corrected chi connectivity index (χ0v) is 13.9. The SMILES string of the molecule is Cc1ccnc2nc(C(=O)OCCOc3ccc(Br)cc3)nn12. The number of fused-ring (bicyclic) bond motifs is 1. The van der Waals surface area contributed by atoms with E-state index in [1.807, 2.05) is 31.2 Å². The van der Waals surface area contributed by atoms with Gasteiger partial charge in [0.05, 0.1) is 0 Å². The summed E-state index contributed by atoms with van der Waals surface area (Å²) in [5.74, 6) is 0.447. The fourth-order valence-electron chi connectivity index (χ4n) is 1.88. The van der Waals surface area contributed by atoms with Crippen molar-refractivity contribution in [3.63, 3.8) is 0 Å². The number of carbonyl (C=O) groups excluding carboxylic acids is 1. The predicted molar refractivity (Wildman–Crippen MR) is 85.4 cm³/mol. The van der Waals surface area contributed by atoms with E-state index in [1.54, 1.807) is 12.3 Å². The summed E-state index contributed by atoms with van der Waals surface area (Å²) in [6.07, 6.45) is 1.61. The van der Waals surface area contributed by atoms with E-state index in [0.29, 0.717) is 11.5 Å². The van der Waals surface area contributed by atoms with Gasteiger partial charge in [-0.2, -0.15) is 4.98 Å². The Bertz CT molecular complexity index is 832. The summed E-state index contributed by atoms with van der Waals surface area (Å²) >= 11 is 3.35. The maximum Gasteiger partial charge on any atom is 0.378 e. The number of aromatic nitrogens is 4. The molecule has 0 amide bonds. The molecule has 2 heterocycles. The number of aryl methyl sites for hydroxylation is 1. The molecule has 1 aromatic carbocycles. The van der Waals surface area contributed by atoms with Crippen molar-refractivity contribution in [2.75, 3.05) is 13.2 Å². The van der Waals surface area contributed by atoms with Crippen molar-refractivity contribution < 1.29 is 14.3 Å². The normalized spacial score (nSPS) is 10.7. The lowest BCUT2D eigenvalue weighted by molar-refractivity contribution is 0.0436. The molecule has 0 saturated carbocycles. The first-order valence-electron chi connectivity index (χ1n) is 6.87. The van der Waals surface area contributed by atoms with Gasteiger partial charge in [0.2, 0.25) is 0 Å². The van der Waals surface area contributed by atoms with Crippen LogP contribution in [0.25, 0.3) is 5.78 Å². The Kier molecular flexibility index (Phi) is 4.52. The van der Waals surface area contributed by atoms with E-state index in [2.05, 4.69) is 31.0 Å². The van der Waals surface area contributed by atoms with Gasteiger partial charge in [0.1, 0.15) is 19.0 Å². The van der Waals surface area contributed by atoms with E-state index >= 15 is 0 Å². The van der Waals surface area contributed by atoms with Crippen molar-refractivity contribution in [2.45, 2.75) is 6.92 Å². The standard InChI is InChI=1S/C15H13BrN4O3/c1-10-6-7-17-15-18-13(19-20(10)15)14(21)23-9-8-22-12-4-2-11(16)3-5-12/h2-7H,8-9H2,1H3. The van der Waals surface area contributed by atoms with E-state index in [0.717, 1.165) is 10.2 Å². The first-order valence-corrected chi connectivity index (χ1v) is 7.66. The van der Waals surface area contributed by atoms with Crippen molar-refractivity contribution in [1.82, 2.24) is 19.6 Å². The Hall–Kier alpha value is -2.48. The number of carbonyl (C=O) groups is 1. The molecule has 8 heteroatoms. The van der Waals surface area contributed by atoms with Crippen molar-refractivity contribution in [3.8, 4) is 5.75 Å². The first-order chi connectivity index (χ1) is 11.1. The maximum absolute atomic E-state index is 11.9. The summed E-state index contributed by atoms with van der Waals surface area (Å²) in [6, 6.07) is 9.17. The highest BCUT2D eigenvalue weighted by atomic mass is 79.9. The number of rotatable bonds is 5. The lowest BCUT2D eigenvalue weighted by atomic mass is 10.3. The van der Waals surface area contributed by atoms with Gasteiger partial charge in [0, 0.05) is 16.4 Å². The third kappa shape index (κ3) is 3.65. The number of esters is 1. The fourth-order valence-corrected chi connectivity index (χ4v) is 2.15. The van der Waals surface area contributed by atoms with Crippen LogP contribution < -0.4 is 4.74 Å². The van der Waals surface area contributed by atoms with Crippen LogP contribution in [0.1, 0.15) is 16.3 Å². The number of nitrogens with zero attached hydrogens (tertiary/aromatic N) is 4. The summed E-state index contributed by atoms with van der Waals surface area (Å²) in [6.45, 7) is 2.21. The van der Waals surface area contributed by atoms with Gasteiger partial charge in [-0.15, -0.1) is 5.10 Å². The minimum absolute atomic E-state index is 0.0181. The molecule has 0 radical (unpaired) electrons. The van der Waals surface area contributed by atoms with Gasteiger partial charge in [-0.3, -0.25) is 0 Å². The average Bonchev–Trinajstić information content (AvgIpc) is 2.99. The molecular weight excluding hydrogens is 364 g/mol. The lowest BCUT2D eigenvalue weighted by Gasteiger charge is -2.06. The largest absolute Gasteiger partial charge is 0.490 e. The number of benzene rings is 1. The second kappa shape index (κ2) is 6.74. The van der Waals surface area contributed by atoms with Crippen LogP contribution in [0.4, 0.5) is 0 Å². The highest BCUT2D eigenvalue weighted by Gasteiger charge is 2.15. The highest BCUT2D eigenvalue weighted by Crippen LogP contribution is 2.15. The van der Waals surface area contributed by atoms with Crippen LogP contribution in [0.5, 0.6) is 5.75 Å². The second-order valence-electron chi connectivity index (χ2n) is 4.67. The van der Waals surface area contributed by atoms with Gasteiger partial charge in [0.15, 0.2) is 0 Å². The molecule has 7 nitrogen and oxygen atoms in total. The third-order valence-electron chi connectivity index (χ3n) is 3.01. The van der Waals surface area contributed by atoms with Crippen molar-refractivity contribution >= 4 is 27.7 Å². The summed E-state index contributed by atoms with van der Waals surface area (Å²) in [7, 11) is 0. The number of ether oxygens (including phenoxy) is 2. The zero-order valence-electron chi connectivity index (χ0n) is 12.3. The number of halogens is 1.